The summed E-state index contributed by atoms with van der Waals surface area (Å²) in [5.74, 6) is -0.0310. The van der Waals surface area contributed by atoms with Crippen LogP contribution < -0.4 is 5.73 Å². The highest BCUT2D eigenvalue weighted by Gasteiger charge is 2.02. The predicted octanol–water partition coefficient (Wildman–Crippen LogP) is 1.94. The number of hydrogen-bond donors (Lipinski definition) is 1. The van der Waals surface area contributed by atoms with Crippen LogP contribution >= 0.6 is 15.9 Å². The van der Waals surface area contributed by atoms with Crippen molar-refractivity contribution >= 4 is 21.8 Å². The van der Waals surface area contributed by atoms with Crippen LogP contribution in [0.25, 0.3) is 0 Å². The Hall–Kier alpha value is -0.940. The van der Waals surface area contributed by atoms with Crippen LogP contribution in [0.3, 0.4) is 0 Å². The summed E-state index contributed by atoms with van der Waals surface area (Å²) < 4.78 is 18.5. The van der Waals surface area contributed by atoms with E-state index in [4.69, 9.17) is 10.5 Å². The van der Waals surface area contributed by atoms with Gasteiger partial charge in [0.25, 0.3) is 0 Å². The molecule has 1 aromatic carbocycles. The number of benzene rings is 1. The second kappa shape index (κ2) is 5.82. The number of nitrogens with two attached hydrogens (primary N) is 1. The van der Waals surface area contributed by atoms with Crippen molar-refractivity contribution in [1.82, 2.24) is 0 Å². The van der Waals surface area contributed by atoms with Gasteiger partial charge in [-0.2, -0.15) is 0 Å². The predicted molar refractivity (Wildman–Crippen MR) is 61.6 cm³/mol. The van der Waals surface area contributed by atoms with Crippen LogP contribution in [0.15, 0.2) is 27.7 Å². The number of rotatable bonds is 4. The molecular weight excluding hydrogens is 263 g/mol. The number of nitrogens with zero attached hydrogens (tertiary/aromatic N) is 1. The van der Waals surface area contributed by atoms with Crippen LogP contribution in [0.2, 0.25) is 0 Å². The van der Waals surface area contributed by atoms with Gasteiger partial charge in [0.2, 0.25) is 0 Å². The smallest absolute Gasteiger partial charge is 0.125 e. The molecule has 82 valence electrons. The van der Waals surface area contributed by atoms with Crippen LogP contribution in [-0.2, 0) is 4.74 Å². The molecule has 0 fully saturated rings. The molecule has 3 nitrogen and oxygen atoms in total. The van der Waals surface area contributed by atoms with E-state index in [1.54, 1.807) is 13.2 Å². The van der Waals surface area contributed by atoms with Gasteiger partial charge in [-0.15, -0.1) is 0 Å². The summed E-state index contributed by atoms with van der Waals surface area (Å²) in [6, 6.07) is 4.43. The van der Waals surface area contributed by atoms with Crippen LogP contribution in [0.1, 0.15) is 5.56 Å². The first-order valence-corrected chi connectivity index (χ1v) is 5.18. The summed E-state index contributed by atoms with van der Waals surface area (Å²) in [6.07, 6.45) is 0. The second-order valence-electron chi connectivity index (χ2n) is 2.92. The molecule has 0 amide bonds. The summed E-state index contributed by atoms with van der Waals surface area (Å²) in [7, 11) is 1.59. The minimum Gasteiger partial charge on any atom is -0.384 e. The number of halogens is 2. The number of amidine groups is 1. The van der Waals surface area contributed by atoms with E-state index in [1.807, 2.05) is 0 Å². The van der Waals surface area contributed by atoms with Gasteiger partial charge >= 0.3 is 0 Å². The van der Waals surface area contributed by atoms with E-state index in [0.717, 1.165) is 0 Å². The third kappa shape index (κ3) is 3.97. The molecular formula is C10H12BrFN2O. The summed E-state index contributed by atoms with van der Waals surface area (Å²) >= 11 is 3.19. The van der Waals surface area contributed by atoms with Gasteiger partial charge in [0.1, 0.15) is 11.7 Å². The zero-order valence-electron chi connectivity index (χ0n) is 8.34. The highest BCUT2D eigenvalue weighted by Crippen LogP contribution is 2.14. The van der Waals surface area contributed by atoms with E-state index in [2.05, 4.69) is 20.9 Å². The fourth-order valence-corrected chi connectivity index (χ4v) is 1.52. The molecule has 1 rings (SSSR count). The molecule has 0 spiro atoms. The molecule has 0 heterocycles. The van der Waals surface area contributed by atoms with Crippen molar-refractivity contribution in [2.45, 2.75) is 0 Å². The van der Waals surface area contributed by atoms with Crippen LogP contribution in [0.5, 0.6) is 0 Å². The van der Waals surface area contributed by atoms with E-state index in [0.29, 0.717) is 29.0 Å². The highest BCUT2D eigenvalue weighted by molar-refractivity contribution is 9.10. The van der Waals surface area contributed by atoms with Crippen molar-refractivity contribution in [1.29, 1.82) is 0 Å². The Kier molecular flexibility index (Phi) is 4.71. The Morgan fingerprint density at radius 2 is 2.27 bits per heavy atom. The highest BCUT2D eigenvalue weighted by atomic mass is 79.9. The largest absolute Gasteiger partial charge is 0.384 e. The first kappa shape index (κ1) is 12.1. The second-order valence-corrected chi connectivity index (χ2v) is 3.83. The topological polar surface area (TPSA) is 47.6 Å². The molecule has 0 radical (unpaired) electrons. The molecule has 0 saturated carbocycles. The third-order valence-corrected chi connectivity index (χ3v) is 2.19. The van der Waals surface area contributed by atoms with Crippen molar-refractivity contribution in [3.8, 4) is 0 Å². The van der Waals surface area contributed by atoms with E-state index < -0.39 is 0 Å². The molecule has 0 aliphatic carbocycles. The Bertz CT molecular complexity index is 348. The maximum atomic E-state index is 13.0. The molecule has 0 unspecified atom stereocenters. The van der Waals surface area contributed by atoms with Gasteiger partial charge in [0.15, 0.2) is 0 Å². The van der Waals surface area contributed by atoms with Gasteiger partial charge in [-0.05, 0) is 18.2 Å². The van der Waals surface area contributed by atoms with Crippen LogP contribution in [0, 0.1) is 5.82 Å². The third-order valence-electron chi connectivity index (χ3n) is 1.74. The molecule has 0 saturated heterocycles. The van der Waals surface area contributed by atoms with E-state index in [1.165, 1.54) is 12.1 Å². The van der Waals surface area contributed by atoms with Crippen LogP contribution in [0.4, 0.5) is 4.39 Å². The van der Waals surface area contributed by atoms with Crippen molar-refractivity contribution in [3.05, 3.63) is 34.1 Å². The van der Waals surface area contributed by atoms with E-state index in [9.17, 15) is 4.39 Å². The van der Waals surface area contributed by atoms with Crippen molar-refractivity contribution in [2.24, 2.45) is 10.7 Å². The first-order valence-electron chi connectivity index (χ1n) is 4.39. The molecule has 1 aromatic rings. The van der Waals surface area contributed by atoms with Crippen molar-refractivity contribution in [2.75, 3.05) is 20.3 Å². The monoisotopic (exact) mass is 274 g/mol. The lowest BCUT2D eigenvalue weighted by Gasteiger charge is -2.02. The molecule has 2 N–H and O–H groups in total. The summed E-state index contributed by atoms with van der Waals surface area (Å²) in [6.45, 7) is 0.966. The minimum absolute atomic E-state index is 0.312. The zero-order chi connectivity index (χ0) is 11.3. The number of aliphatic imine (C=N–C) groups is 1. The number of ether oxygens (including phenoxy) is 1. The van der Waals surface area contributed by atoms with Gasteiger partial charge < -0.3 is 10.5 Å². The Balaban J connectivity index is 2.81. The van der Waals surface area contributed by atoms with Gasteiger partial charge in [-0.1, -0.05) is 15.9 Å². The molecule has 0 atom stereocenters. The summed E-state index contributed by atoms with van der Waals surface area (Å²) in [5.41, 5.74) is 6.25. The molecule has 15 heavy (non-hydrogen) atoms. The molecule has 0 aliphatic rings. The van der Waals surface area contributed by atoms with Crippen LogP contribution in [-0.4, -0.2) is 26.1 Å². The maximum absolute atomic E-state index is 13.0. The van der Waals surface area contributed by atoms with Crippen molar-refractivity contribution < 1.29 is 9.13 Å². The van der Waals surface area contributed by atoms with E-state index >= 15 is 0 Å². The molecule has 0 aliphatic heterocycles. The standard InChI is InChI=1S/C10H12BrFN2O/c1-15-3-2-14-10(13)7-4-8(11)6-9(12)5-7/h4-6H,2-3H2,1H3,(H2,13,14). The molecule has 0 aromatic heterocycles. The maximum Gasteiger partial charge on any atom is 0.125 e. The number of methoxy groups -OCH3 is 1. The van der Waals surface area contributed by atoms with Gasteiger partial charge in [-0.25, -0.2) is 4.39 Å². The summed E-state index contributed by atoms with van der Waals surface area (Å²) in [5, 5.41) is 0. The lowest BCUT2D eigenvalue weighted by atomic mass is 10.2. The van der Waals surface area contributed by atoms with Gasteiger partial charge in [0, 0.05) is 17.1 Å². The van der Waals surface area contributed by atoms with Gasteiger partial charge in [-0.3, -0.25) is 4.99 Å². The average Bonchev–Trinajstić information content (AvgIpc) is 2.16. The van der Waals surface area contributed by atoms with E-state index in [-0.39, 0.29) is 5.82 Å². The fourth-order valence-electron chi connectivity index (χ4n) is 1.05. The minimum atomic E-state index is -0.343. The zero-order valence-corrected chi connectivity index (χ0v) is 9.92. The molecule has 5 heteroatoms. The quantitative estimate of drug-likeness (QED) is 0.518. The Labute approximate surface area is 96.3 Å². The lowest BCUT2D eigenvalue weighted by molar-refractivity contribution is 0.208. The normalized spacial score (nSPS) is 11.8. The lowest BCUT2D eigenvalue weighted by Crippen LogP contribution is -2.15. The SMILES string of the molecule is COCCN=C(N)c1cc(F)cc(Br)c1. The molecule has 0 bridgehead atoms. The van der Waals surface area contributed by atoms with Gasteiger partial charge in [0.05, 0.1) is 13.2 Å². The summed E-state index contributed by atoms with van der Waals surface area (Å²) in [4.78, 5) is 4.05. The Morgan fingerprint density at radius 3 is 2.87 bits per heavy atom. The van der Waals surface area contributed by atoms with Crippen molar-refractivity contribution in [3.63, 3.8) is 0 Å². The first-order chi connectivity index (χ1) is 7.13. The number of hydrogen-bond acceptors (Lipinski definition) is 2. The fraction of sp³-hybridized carbons (Fsp3) is 0.300. The average molecular weight is 275 g/mol. The Morgan fingerprint density at radius 1 is 1.53 bits per heavy atom.